The van der Waals surface area contributed by atoms with Gasteiger partial charge in [-0.1, -0.05) is 6.58 Å². The first-order chi connectivity index (χ1) is 7.63. The highest BCUT2D eigenvalue weighted by molar-refractivity contribution is 5.23. The normalized spacial score (nSPS) is 19.2. The van der Waals surface area contributed by atoms with Gasteiger partial charge >= 0.3 is 0 Å². The molecular formula is C12H16N2O2. The summed E-state index contributed by atoms with van der Waals surface area (Å²) in [5, 5.41) is 0. The highest BCUT2D eigenvalue weighted by Crippen LogP contribution is 2.24. The van der Waals surface area contributed by atoms with Crippen molar-refractivity contribution in [2.75, 3.05) is 7.11 Å². The molecule has 1 aliphatic rings. The lowest BCUT2D eigenvalue weighted by Crippen LogP contribution is -2.21. The number of hydroxylamine groups is 1. The van der Waals surface area contributed by atoms with Crippen LogP contribution in [-0.4, -0.2) is 11.7 Å². The van der Waals surface area contributed by atoms with E-state index in [1.807, 2.05) is 6.08 Å². The maximum atomic E-state index is 5.32. The van der Waals surface area contributed by atoms with Crippen LogP contribution in [-0.2, 0) is 9.57 Å². The SMILES string of the molecule is C=C(OC)C1=CC(n2c(C)ccc2C)NO1. The van der Waals surface area contributed by atoms with Gasteiger partial charge in [-0.25, -0.2) is 0 Å². The lowest BCUT2D eigenvalue weighted by Gasteiger charge is -2.14. The molecule has 86 valence electrons. The van der Waals surface area contributed by atoms with E-state index in [1.165, 1.54) is 11.4 Å². The highest BCUT2D eigenvalue weighted by Gasteiger charge is 2.22. The van der Waals surface area contributed by atoms with Crippen LogP contribution in [0, 0.1) is 13.8 Å². The Hall–Kier alpha value is -1.68. The third-order valence-corrected chi connectivity index (χ3v) is 2.72. The van der Waals surface area contributed by atoms with Crippen LogP contribution in [0.15, 0.2) is 36.3 Å². The predicted molar refractivity (Wildman–Crippen MR) is 61.4 cm³/mol. The summed E-state index contributed by atoms with van der Waals surface area (Å²) in [5.41, 5.74) is 5.30. The molecule has 1 atom stereocenters. The van der Waals surface area contributed by atoms with Gasteiger partial charge in [-0.05, 0) is 26.0 Å². The minimum atomic E-state index is -0.00287. The highest BCUT2D eigenvalue weighted by atomic mass is 16.7. The van der Waals surface area contributed by atoms with E-state index in [0.717, 1.165) is 0 Å². The zero-order chi connectivity index (χ0) is 11.7. The fourth-order valence-electron chi connectivity index (χ4n) is 1.83. The molecule has 0 radical (unpaired) electrons. The van der Waals surface area contributed by atoms with Gasteiger partial charge in [-0.15, -0.1) is 5.48 Å². The molecule has 1 aromatic rings. The number of ether oxygens (including phenoxy) is 1. The number of methoxy groups -OCH3 is 1. The van der Waals surface area contributed by atoms with Crippen molar-refractivity contribution in [3.63, 3.8) is 0 Å². The molecule has 4 nitrogen and oxygen atoms in total. The average molecular weight is 220 g/mol. The first-order valence-electron chi connectivity index (χ1n) is 5.15. The summed E-state index contributed by atoms with van der Waals surface area (Å²) in [4.78, 5) is 5.32. The number of aromatic nitrogens is 1. The van der Waals surface area contributed by atoms with E-state index in [2.05, 4.69) is 42.6 Å². The Morgan fingerprint density at radius 3 is 2.62 bits per heavy atom. The standard InChI is InChI=1S/C12H16N2O2/c1-8-5-6-9(2)14(8)12-7-11(16-13-12)10(3)15-4/h5-7,12-13H,3H2,1-2,4H3. The molecule has 0 aromatic carbocycles. The Morgan fingerprint density at radius 1 is 1.44 bits per heavy atom. The first kappa shape index (κ1) is 10.8. The maximum Gasteiger partial charge on any atom is 0.187 e. The van der Waals surface area contributed by atoms with Crippen LogP contribution in [0.5, 0.6) is 0 Å². The van der Waals surface area contributed by atoms with E-state index >= 15 is 0 Å². The summed E-state index contributed by atoms with van der Waals surface area (Å²) in [6.07, 6.45) is 1.95. The van der Waals surface area contributed by atoms with E-state index in [4.69, 9.17) is 9.57 Å². The topological polar surface area (TPSA) is 35.4 Å². The first-order valence-corrected chi connectivity index (χ1v) is 5.15. The van der Waals surface area contributed by atoms with Gasteiger partial charge in [-0.3, -0.25) is 0 Å². The summed E-state index contributed by atoms with van der Waals surface area (Å²) in [6, 6.07) is 4.15. The smallest absolute Gasteiger partial charge is 0.187 e. The van der Waals surface area contributed by atoms with Crippen LogP contribution >= 0.6 is 0 Å². The van der Waals surface area contributed by atoms with Crippen molar-refractivity contribution in [3.05, 3.63) is 47.7 Å². The quantitative estimate of drug-likeness (QED) is 0.793. The number of hydrogen-bond donors (Lipinski definition) is 1. The fourth-order valence-corrected chi connectivity index (χ4v) is 1.83. The number of nitrogens with one attached hydrogen (secondary N) is 1. The molecule has 0 bridgehead atoms. The largest absolute Gasteiger partial charge is 0.493 e. The predicted octanol–water partition coefficient (Wildman–Crippen LogP) is 2.18. The summed E-state index contributed by atoms with van der Waals surface area (Å²) in [5.74, 6) is 1.16. The molecule has 2 heterocycles. The molecule has 0 amide bonds. The van der Waals surface area contributed by atoms with Crippen molar-refractivity contribution in [1.82, 2.24) is 10.0 Å². The molecule has 1 aromatic heterocycles. The van der Waals surface area contributed by atoms with Crippen LogP contribution < -0.4 is 5.48 Å². The van der Waals surface area contributed by atoms with E-state index in [0.29, 0.717) is 11.5 Å². The Kier molecular flexibility index (Phi) is 2.75. The van der Waals surface area contributed by atoms with Crippen molar-refractivity contribution < 1.29 is 9.57 Å². The minimum Gasteiger partial charge on any atom is -0.493 e. The summed E-state index contributed by atoms with van der Waals surface area (Å²) in [6.45, 7) is 7.87. The van der Waals surface area contributed by atoms with Crippen molar-refractivity contribution >= 4 is 0 Å². The fraction of sp³-hybridized carbons (Fsp3) is 0.333. The molecule has 1 N–H and O–H groups in total. The van der Waals surface area contributed by atoms with Gasteiger partial charge in [0.25, 0.3) is 0 Å². The monoisotopic (exact) mass is 220 g/mol. The summed E-state index contributed by atoms with van der Waals surface area (Å²) >= 11 is 0. The van der Waals surface area contributed by atoms with Crippen LogP contribution in [0.25, 0.3) is 0 Å². The minimum absolute atomic E-state index is 0.00287. The molecule has 1 aliphatic heterocycles. The Morgan fingerprint density at radius 2 is 2.06 bits per heavy atom. The molecule has 2 rings (SSSR count). The van der Waals surface area contributed by atoms with E-state index in [1.54, 1.807) is 7.11 Å². The second-order valence-electron chi connectivity index (χ2n) is 3.81. The van der Waals surface area contributed by atoms with Crippen LogP contribution in [0.3, 0.4) is 0 Å². The lowest BCUT2D eigenvalue weighted by atomic mass is 10.3. The van der Waals surface area contributed by atoms with E-state index < -0.39 is 0 Å². The second-order valence-corrected chi connectivity index (χ2v) is 3.81. The van der Waals surface area contributed by atoms with Gasteiger partial charge in [0.15, 0.2) is 11.5 Å². The van der Waals surface area contributed by atoms with Gasteiger partial charge in [0, 0.05) is 17.5 Å². The van der Waals surface area contributed by atoms with Gasteiger partial charge in [0.2, 0.25) is 0 Å². The number of nitrogens with zero attached hydrogens (tertiary/aromatic N) is 1. The Labute approximate surface area is 95.1 Å². The Balaban J connectivity index is 2.26. The second kappa shape index (κ2) is 4.06. The van der Waals surface area contributed by atoms with Gasteiger partial charge in [-0.2, -0.15) is 0 Å². The molecule has 4 heteroatoms. The third kappa shape index (κ3) is 1.72. The molecular weight excluding hydrogens is 204 g/mol. The van der Waals surface area contributed by atoms with Crippen LogP contribution in [0.2, 0.25) is 0 Å². The van der Waals surface area contributed by atoms with Gasteiger partial charge < -0.3 is 14.1 Å². The van der Waals surface area contributed by atoms with Crippen molar-refractivity contribution in [3.8, 4) is 0 Å². The van der Waals surface area contributed by atoms with Crippen molar-refractivity contribution in [1.29, 1.82) is 0 Å². The molecule has 0 saturated carbocycles. The van der Waals surface area contributed by atoms with Gasteiger partial charge in [0.05, 0.1) is 7.11 Å². The van der Waals surface area contributed by atoms with Crippen LogP contribution in [0.4, 0.5) is 0 Å². The summed E-state index contributed by atoms with van der Waals surface area (Å²) in [7, 11) is 1.58. The number of hydrogen-bond acceptors (Lipinski definition) is 3. The summed E-state index contributed by atoms with van der Waals surface area (Å²) < 4.78 is 7.17. The number of rotatable bonds is 3. The van der Waals surface area contributed by atoms with E-state index in [-0.39, 0.29) is 6.17 Å². The van der Waals surface area contributed by atoms with Gasteiger partial charge in [0.1, 0.15) is 6.17 Å². The van der Waals surface area contributed by atoms with Crippen molar-refractivity contribution in [2.24, 2.45) is 0 Å². The molecule has 0 fully saturated rings. The molecule has 1 unspecified atom stereocenters. The zero-order valence-corrected chi connectivity index (χ0v) is 9.78. The average Bonchev–Trinajstić information content (AvgIpc) is 2.85. The molecule has 0 spiro atoms. The van der Waals surface area contributed by atoms with Crippen molar-refractivity contribution in [2.45, 2.75) is 20.0 Å². The molecule has 0 saturated heterocycles. The third-order valence-electron chi connectivity index (χ3n) is 2.72. The molecule has 16 heavy (non-hydrogen) atoms. The molecule has 0 aliphatic carbocycles. The lowest BCUT2D eigenvalue weighted by molar-refractivity contribution is 0.0869. The Bertz CT molecular complexity index is 426. The van der Waals surface area contributed by atoms with E-state index in [9.17, 15) is 0 Å². The maximum absolute atomic E-state index is 5.32. The number of aryl methyl sites for hydroxylation is 2. The van der Waals surface area contributed by atoms with Crippen LogP contribution in [0.1, 0.15) is 17.6 Å². The zero-order valence-electron chi connectivity index (χ0n) is 9.78.